The summed E-state index contributed by atoms with van der Waals surface area (Å²) >= 11 is 3.29. The summed E-state index contributed by atoms with van der Waals surface area (Å²) in [5.74, 6) is -0.308. The van der Waals surface area contributed by atoms with Gasteiger partial charge in [0.05, 0.1) is 10.5 Å². The lowest BCUT2D eigenvalue weighted by Crippen LogP contribution is -2.45. The van der Waals surface area contributed by atoms with Gasteiger partial charge in [0, 0.05) is 17.6 Å². The fourth-order valence-corrected chi connectivity index (χ4v) is 3.36. The van der Waals surface area contributed by atoms with Crippen molar-refractivity contribution in [1.29, 1.82) is 0 Å². The topological polar surface area (TPSA) is 78.5 Å². The number of halogens is 1. The van der Waals surface area contributed by atoms with E-state index in [1.165, 1.54) is 25.6 Å². The summed E-state index contributed by atoms with van der Waals surface area (Å²) in [7, 11) is -2.23. The second-order valence-electron chi connectivity index (χ2n) is 4.84. The molecule has 1 aromatic carbocycles. The Hall–Kier alpha value is -0.960. The second kappa shape index (κ2) is 6.87. The summed E-state index contributed by atoms with van der Waals surface area (Å²) in [6.45, 7) is 1.63. The van der Waals surface area contributed by atoms with Crippen LogP contribution in [0.15, 0.2) is 27.6 Å². The molecule has 0 unspecified atom stereocenters. The summed E-state index contributed by atoms with van der Waals surface area (Å²) in [6.07, 6.45) is 3.28. The maximum Gasteiger partial charge on any atom is 0.266 e. The lowest BCUT2D eigenvalue weighted by atomic mass is 10.1. The lowest BCUT2D eigenvalue weighted by Gasteiger charge is -2.27. The van der Waals surface area contributed by atoms with Gasteiger partial charge in [0.15, 0.2) is 0 Å². The highest BCUT2D eigenvalue weighted by atomic mass is 79.9. The molecule has 0 radical (unpaired) electrons. The number of sulfonamides is 1. The second-order valence-corrected chi connectivity index (χ2v) is 7.58. The van der Waals surface area contributed by atoms with Crippen molar-refractivity contribution in [2.45, 2.75) is 24.2 Å². The third kappa shape index (κ3) is 4.03. The van der Waals surface area contributed by atoms with Crippen molar-refractivity contribution < 1.29 is 13.2 Å². The summed E-state index contributed by atoms with van der Waals surface area (Å²) in [4.78, 5) is 12.4. The number of rotatable bonds is 4. The van der Waals surface area contributed by atoms with Gasteiger partial charge in [0.2, 0.25) is 10.0 Å². The van der Waals surface area contributed by atoms with E-state index >= 15 is 0 Å². The normalized spacial score (nSPS) is 16.7. The number of amides is 1. The Morgan fingerprint density at radius 3 is 2.52 bits per heavy atom. The summed E-state index contributed by atoms with van der Waals surface area (Å²) in [5, 5.41) is 1.87. The Morgan fingerprint density at radius 1 is 1.24 bits per heavy atom. The molecular formula is C13H18BrN3O3S. The Kier molecular flexibility index (Phi) is 5.37. The Bertz CT molecular complexity index is 628. The van der Waals surface area contributed by atoms with E-state index in [4.69, 9.17) is 0 Å². The van der Waals surface area contributed by atoms with Crippen molar-refractivity contribution in [1.82, 2.24) is 15.2 Å². The van der Waals surface area contributed by atoms with E-state index in [2.05, 4.69) is 26.1 Å². The zero-order valence-electron chi connectivity index (χ0n) is 11.7. The first-order valence-electron chi connectivity index (χ1n) is 6.73. The number of nitrogens with zero attached hydrogens (tertiary/aromatic N) is 1. The van der Waals surface area contributed by atoms with Crippen LogP contribution in [0, 0.1) is 0 Å². The Morgan fingerprint density at radius 2 is 1.90 bits per heavy atom. The molecule has 2 N–H and O–H groups in total. The number of nitrogens with one attached hydrogen (secondary N) is 2. The van der Waals surface area contributed by atoms with Gasteiger partial charge in [0.1, 0.15) is 0 Å². The van der Waals surface area contributed by atoms with Crippen molar-refractivity contribution in [3.63, 3.8) is 0 Å². The molecule has 0 aromatic heterocycles. The fraction of sp³-hybridized carbons (Fsp3) is 0.462. The van der Waals surface area contributed by atoms with Crippen LogP contribution in [0.25, 0.3) is 0 Å². The van der Waals surface area contributed by atoms with Gasteiger partial charge < -0.3 is 0 Å². The average Bonchev–Trinajstić information content (AvgIpc) is 2.48. The molecule has 0 bridgehead atoms. The number of carbonyl (C=O) groups excluding carboxylic acids is 1. The maximum atomic E-state index is 12.3. The van der Waals surface area contributed by atoms with Gasteiger partial charge in [-0.1, -0.05) is 6.42 Å². The van der Waals surface area contributed by atoms with E-state index < -0.39 is 10.0 Å². The summed E-state index contributed by atoms with van der Waals surface area (Å²) < 4.78 is 26.4. The molecule has 8 heteroatoms. The summed E-state index contributed by atoms with van der Waals surface area (Å²) in [5.41, 5.74) is 3.12. The first-order chi connectivity index (χ1) is 9.94. The molecular weight excluding hydrogens is 358 g/mol. The first-order valence-corrected chi connectivity index (χ1v) is 9.00. The third-order valence-electron chi connectivity index (χ3n) is 3.38. The van der Waals surface area contributed by atoms with E-state index in [0.717, 1.165) is 25.9 Å². The van der Waals surface area contributed by atoms with Crippen molar-refractivity contribution in [2.75, 3.05) is 20.1 Å². The van der Waals surface area contributed by atoms with Crippen molar-refractivity contribution >= 4 is 31.9 Å². The molecule has 1 fully saturated rings. The third-order valence-corrected chi connectivity index (χ3v) is 5.48. The smallest absolute Gasteiger partial charge is 0.266 e. The van der Waals surface area contributed by atoms with E-state index in [-0.39, 0.29) is 10.8 Å². The van der Waals surface area contributed by atoms with Crippen LogP contribution in [0.5, 0.6) is 0 Å². The monoisotopic (exact) mass is 375 g/mol. The minimum atomic E-state index is -3.57. The minimum Gasteiger partial charge on any atom is -0.285 e. The predicted octanol–water partition coefficient (Wildman–Crippen LogP) is 1.49. The zero-order chi connectivity index (χ0) is 15.5. The van der Waals surface area contributed by atoms with Crippen LogP contribution in [0.4, 0.5) is 0 Å². The number of benzene rings is 1. The van der Waals surface area contributed by atoms with E-state index in [1.807, 2.05) is 5.01 Å². The maximum absolute atomic E-state index is 12.3. The Labute approximate surface area is 133 Å². The zero-order valence-corrected chi connectivity index (χ0v) is 14.1. The van der Waals surface area contributed by atoms with Gasteiger partial charge >= 0.3 is 0 Å². The van der Waals surface area contributed by atoms with Crippen LogP contribution in [-0.4, -0.2) is 39.5 Å². The number of piperidine rings is 1. The molecule has 1 saturated heterocycles. The lowest BCUT2D eigenvalue weighted by molar-refractivity contribution is 0.0749. The van der Waals surface area contributed by atoms with Gasteiger partial charge in [-0.2, -0.15) is 0 Å². The molecule has 1 aliphatic rings. The van der Waals surface area contributed by atoms with E-state index in [0.29, 0.717) is 10.0 Å². The van der Waals surface area contributed by atoms with Crippen LogP contribution < -0.4 is 10.1 Å². The van der Waals surface area contributed by atoms with E-state index in [9.17, 15) is 13.2 Å². The molecule has 6 nitrogen and oxygen atoms in total. The highest BCUT2D eigenvalue weighted by Gasteiger charge is 2.19. The quantitative estimate of drug-likeness (QED) is 0.835. The van der Waals surface area contributed by atoms with Gasteiger partial charge in [-0.3, -0.25) is 10.2 Å². The highest BCUT2D eigenvalue weighted by Crippen LogP contribution is 2.21. The molecule has 0 saturated carbocycles. The fourth-order valence-electron chi connectivity index (χ4n) is 2.17. The van der Waals surface area contributed by atoms with Crippen molar-refractivity contribution in [2.24, 2.45) is 0 Å². The highest BCUT2D eigenvalue weighted by molar-refractivity contribution is 9.10. The molecule has 1 heterocycles. The van der Waals surface area contributed by atoms with Crippen LogP contribution in [-0.2, 0) is 10.0 Å². The largest absolute Gasteiger partial charge is 0.285 e. The summed E-state index contributed by atoms with van der Waals surface area (Å²) in [6, 6.07) is 4.39. The SMILES string of the molecule is CNS(=O)(=O)c1ccc(Br)c(C(=O)NN2CCCCC2)c1. The molecule has 0 spiro atoms. The van der Waals surface area contributed by atoms with Gasteiger partial charge in [-0.05, 0) is 54.0 Å². The van der Waals surface area contributed by atoms with E-state index in [1.54, 1.807) is 6.07 Å². The number of hydrogen-bond donors (Lipinski definition) is 2. The van der Waals surface area contributed by atoms with Gasteiger partial charge in [-0.15, -0.1) is 0 Å². The molecule has 21 heavy (non-hydrogen) atoms. The Balaban J connectivity index is 2.21. The molecule has 1 aliphatic heterocycles. The van der Waals surface area contributed by atoms with Crippen molar-refractivity contribution in [3.8, 4) is 0 Å². The standard InChI is InChI=1S/C13H18BrN3O3S/c1-15-21(19,20)10-5-6-12(14)11(9-10)13(18)16-17-7-3-2-4-8-17/h5-6,9,15H,2-4,7-8H2,1H3,(H,16,18). The molecule has 0 atom stereocenters. The van der Waals surface area contributed by atoms with Crippen molar-refractivity contribution in [3.05, 3.63) is 28.2 Å². The van der Waals surface area contributed by atoms with Crippen LogP contribution in [0.2, 0.25) is 0 Å². The van der Waals surface area contributed by atoms with Gasteiger partial charge in [0.25, 0.3) is 5.91 Å². The molecule has 2 rings (SSSR count). The minimum absolute atomic E-state index is 0.0667. The molecule has 1 aromatic rings. The molecule has 0 aliphatic carbocycles. The van der Waals surface area contributed by atoms with Crippen LogP contribution in [0.1, 0.15) is 29.6 Å². The number of hydrogen-bond acceptors (Lipinski definition) is 4. The molecule has 116 valence electrons. The average molecular weight is 376 g/mol. The molecule has 1 amide bonds. The predicted molar refractivity (Wildman–Crippen MR) is 83.3 cm³/mol. The first kappa shape index (κ1) is 16.4. The number of carbonyl (C=O) groups is 1. The van der Waals surface area contributed by atoms with Crippen LogP contribution in [0.3, 0.4) is 0 Å². The van der Waals surface area contributed by atoms with Gasteiger partial charge in [-0.25, -0.2) is 18.1 Å². The van der Waals surface area contributed by atoms with Crippen LogP contribution >= 0.6 is 15.9 Å². The number of hydrazine groups is 1.